The Morgan fingerprint density at radius 2 is 2.10 bits per heavy atom. The summed E-state index contributed by atoms with van der Waals surface area (Å²) in [5, 5.41) is 3.30. The van der Waals surface area contributed by atoms with Gasteiger partial charge in [0.25, 0.3) is 0 Å². The third-order valence-electron chi connectivity index (χ3n) is 3.53. The molecule has 0 saturated carbocycles. The molecular weight excluding hydrogens is 271 g/mol. The van der Waals surface area contributed by atoms with E-state index < -0.39 is 0 Å². The summed E-state index contributed by atoms with van der Waals surface area (Å²) in [4.78, 5) is 2.06. The lowest BCUT2D eigenvalue weighted by atomic mass is 10.1. The van der Waals surface area contributed by atoms with Crippen LogP contribution in [0.1, 0.15) is 32.3 Å². The van der Waals surface area contributed by atoms with Crippen LogP contribution >= 0.6 is 11.8 Å². The van der Waals surface area contributed by atoms with E-state index in [2.05, 4.69) is 30.3 Å². The van der Waals surface area contributed by atoms with Crippen molar-refractivity contribution in [2.45, 2.75) is 39.3 Å². The fourth-order valence-corrected chi connectivity index (χ4v) is 3.09. The van der Waals surface area contributed by atoms with Crippen LogP contribution < -0.4 is 10.2 Å². The highest BCUT2D eigenvalue weighted by atomic mass is 32.2. The summed E-state index contributed by atoms with van der Waals surface area (Å²) in [6.45, 7) is 5.98. The Morgan fingerprint density at radius 3 is 2.65 bits per heavy atom. The van der Waals surface area contributed by atoms with E-state index in [9.17, 15) is 4.39 Å². The SMILES string of the molecule is CCCNCc1ccc(N(C)C(CC)CSC)c(F)c1. The molecule has 0 aliphatic carbocycles. The molecule has 0 amide bonds. The Labute approximate surface area is 127 Å². The number of rotatable bonds is 9. The van der Waals surface area contributed by atoms with Gasteiger partial charge in [0.05, 0.1) is 5.69 Å². The molecule has 1 rings (SSSR count). The van der Waals surface area contributed by atoms with Gasteiger partial charge in [-0.25, -0.2) is 4.39 Å². The third kappa shape index (κ3) is 4.98. The lowest BCUT2D eigenvalue weighted by Gasteiger charge is -2.29. The highest BCUT2D eigenvalue weighted by Crippen LogP contribution is 2.23. The van der Waals surface area contributed by atoms with Gasteiger partial charge in [0.2, 0.25) is 0 Å². The molecule has 0 radical (unpaired) electrons. The molecule has 0 aliphatic heterocycles. The molecule has 1 aromatic rings. The van der Waals surface area contributed by atoms with E-state index in [0.29, 0.717) is 11.7 Å². The summed E-state index contributed by atoms with van der Waals surface area (Å²) in [6, 6.07) is 5.95. The van der Waals surface area contributed by atoms with Gasteiger partial charge in [0.15, 0.2) is 0 Å². The van der Waals surface area contributed by atoms with Crippen LogP contribution in [0.5, 0.6) is 0 Å². The number of anilines is 1. The van der Waals surface area contributed by atoms with Crippen molar-refractivity contribution in [1.82, 2.24) is 5.32 Å². The van der Waals surface area contributed by atoms with Crippen LogP contribution in [0.4, 0.5) is 10.1 Å². The van der Waals surface area contributed by atoms with Crippen molar-refractivity contribution < 1.29 is 4.39 Å². The summed E-state index contributed by atoms with van der Waals surface area (Å²) in [6.07, 6.45) is 4.21. The van der Waals surface area contributed by atoms with E-state index in [1.54, 1.807) is 17.8 Å². The second-order valence-electron chi connectivity index (χ2n) is 5.09. The van der Waals surface area contributed by atoms with E-state index in [1.807, 2.05) is 19.2 Å². The first-order chi connectivity index (χ1) is 9.63. The van der Waals surface area contributed by atoms with E-state index in [-0.39, 0.29) is 5.82 Å². The molecule has 1 unspecified atom stereocenters. The van der Waals surface area contributed by atoms with Crippen molar-refractivity contribution in [2.24, 2.45) is 0 Å². The highest BCUT2D eigenvalue weighted by molar-refractivity contribution is 7.98. The zero-order valence-electron chi connectivity index (χ0n) is 13.1. The summed E-state index contributed by atoms with van der Waals surface area (Å²) < 4.78 is 14.3. The first-order valence-electron chi connectivity index (χ1n) is 7.34. The molecule has 2 nitrogen and oxygen atoms in total. The van der Waals surface area contributed by atoms with Gasteiger partial charge in [-0.3, -0.25) is 0 Å². The number of hydrogen-bond donors (Lipinski definition) is 1. The van der Waals surface area contributed by atoms with Crippen molar-refractivity contribution in [3.63, 3.8) is 0 Å². The number of benzene rings is 1. The molecule has 0 fully saturated rings. The first kappa shape index (κ1) is 17.3. The van der Waals surface area contributed by atoms with Gasteiger partial charge < -0.3 is 10.2 Å². The van der Waals surface area contributed by atoms with Gasteiger partial charge in [-0.05, 0) is 43.3 Å². The third-order valence-corrected chi connectivity index (χ3v) is 4.24. The van der Waals surface area contributed by atoms with Crippen LogP contribution in [-0.4, -0.2) is 31.6 Å². The average molecular weight is 298 g/mol. The van der Waals surface area contributed by atoms with Gasteiger partial charge >= 0.3 is 0 Å². The van der Waals surface area contributed by atoms with Crippen LogP contribution in [0.3, 0.4) is 0 Å². The maximum Gasteiger partial charge on any atom is 0.146 e. The van der Waals surface area contributed by atoms with E-state index in [1.165, 1.54) is 0 Å². The average Bonchev–Trinajstić information content (AvgIpc) is 2.44. The lowest BCUT2D eigenvalue weighted by molar-refractivity contribution is 0.597. The summed E-state index contributed by atoms with van der Waals surface area (Å²) in [5.74, 6) is 0.898. The maximum absolute atomic E-state index is 14.3. The van der Waals surface area contributed by atoms with Gasteiger partial charge in [-0.1, -0.05) is 19.9 Å². The normalized spacial score (nSPS) is 12.4. The number of nitrogens with one attached hydrogen (secondary N) is 1. The topological polar surface area (TPSA) is 15.3 Å². The van der Waals surface area contributed by atoms with Crippen molar-refractivity contribution in [3.8, 4) is 0 Å². The highest BCUT2D eigenvalue weighted by Gasteiger charge is 2.16. The molecule has 114 valence electrons. The van der Waals surface area contributed by atoms with Crippen molar-refractivity contribution in [2.75, 3.05) is 30.5 Å². The van der Waals surface area contributed by atoms with Gasteiger partial charge in [-0.2, -0.15) is 11.8 Å². The minimum absolute atomic E-state index is 0.122. The van der Waals surface area contributed by atoms with Gasteiger partial charge in [0, 0.05) is 25.4 Å². The van der Waals surface area contributed by atoms with Crippen molar-refractivity contribution >= 4 is 17.4 Å². The van der Waals surface area contributed by atoms with Crippen molar-refractivity contribution in [3.05, 3.63) is 29.6 Å². The molecule has 0 spiro atoms. The molecule has 1 aromatic carbocycles. The zero-order chi connectivity index (χ0) is 15.0. The van der Waals surface area contributed by atoms with Crippen LogP contribution in [0.25, 0.3) is 0 Å². The Morgan fingerprint density at radius 1 is 1.35 bits per heavy atom. The van der Waals surface area contributed by atoms with Crippen LogP contribution in [0.15, 0.2) is 18.2 Å². The van der Waals surface area contributed by atoms with E-state index in [4.69, 9.17) is 0 Å². The molecule has 0 saturated heterocycles. The molecule has 1 atom stereocenters. The standard InChI is InChI=1S/C16H27FN2S/c1-5-9-18-11-13-7-8-16(15(17)10-13)19(3)14(6-2)12-20-4/h7-8,10,14,18H,5-6,9,11-12H2,1-4H3. The Balaban J connectivity index is 2.75. The number of thioether (sulfide) groups is 1. The smallest absolute Gasteiger partial charge is 0.146 e. The predicted octanol–water partition coefficient (Wildman–Crippen LogP) is 3.90. The predicted molar refractivity (Wildman–Crippen MR) is 89.3 cm³/mol. The number of nitrogens with zero attached hydrogens (tertiary/aromatic N) is 1. The molecule has 4 heteroatoms. The Kier molecular flexibility index (Phi) is 8.00. The van der Waals surface area contributed by atoms with Crippen LogP contribution in [0.2, 0.25) is 0 Å². The minimum Gasteiger partial charge on any atom is -0.368 e. The van der Waals surface area contributed by atoms with Gasteiger partial charge in [-0.15, -0.1) is 0 Å². The Bertz CT molecular complexity index is 398. The second-order valence-corrected chi connectivity index (χ2v) is 6.00. The summed E-state index contributed by atoms with van der Waals surface area (Å²) >= 11 is 1.81. The fourth-order valence-electron chi connectivity index (χ4n) is 2.25. The second kappa shape index (κ2) is 9.24. The molecule has 0 aliphatic rings. The quantitative estimate of drug-likeness (QED) is 0.696. The number of hydrogen-bond acceptors (Lipinski definition) is 3. The van der Waals surface area contributed by atoms with E-state index in [0.717, 1.165) is 37.2 Å². The van der Waals surface area contributed by atoms with Crippen LogP contribution in [0, 0.1) is 5.82 Å². The minimum atomic E-state index is -0.122. The molecule has 0 heterocycles. The van der Waals surface area contributed by atoms with Crippen LogP contribution in [-0.2, 0) is 6.54 Å². The number of halogens is 1. The zero-order valence-corrected chi connectivity index (χ0v) is 13.9. The molecule has 1 N–H and O–H groups in total. The molecule has 0 bridgehead atoms. The lowest BCUT2D eigenvalue weighted by Crippen LogP contribution is -2.33. The molecule has 20 heavy (non-hydrogen) atoms. The fraction of sp³-hybridized carbons (Fsp3) is 0.625. The monoisotopic (exact) mass is 298 g/mol. The largest absolute Gasteiger partial charge is 0.368 e. The molecule has 0 aromatic heterocycles. The maximum atomic E-state index is 14.3. The summed E-state index contributed by atoms with van der Waals surface area (Å²) in [7, 11) is 1.98. The first-order valence-corrected chi connectivity index (χ1v) is 8.74. The molecular formula is C16H27FN2S. The van der Waals surface area contributed by atoms with Gasteiger partial charge in [0.1, 0.15) is 5.82 Å². The van der Waals surface area contributed by atoms with E-state index >= 15 is 0 Å². The van der Waals surface area contributed by atoms with Crippen molar-refractivity contribution in [1.29, 1.82) is 0 Å². The Hall–Kier alpha value is -0.740. The summed E-state index contributed by atoms with van der Waals surface area (Å²) in [5.41, 5.74) is 1.70.